The van der Waals surface area contributed by atoms with Crippen molar-refractivity contribution < 1.29 is 33.6 Å². The van der Waals surface area contributed by atoms with Gasteiger partial charge < -0.3 is 34.1 Å². The van der Waals surface area contributed by atoms with Crippen LogP contribution in [-0.2, 0) is 32.5 Å². The highest BCUT2D eigenvalue weighted by molar-refractivity contribution is 6.30. The van der Waals surface area contributed by atoms with Gasteiger partial charge in [-0.1, -0.05) is 31.5 Å². The zero-order valence-corrected chi connectivity index (χ0v) is 34.4. The van der Waals surface area contributed by atoms with E-state index in [4.69, 9.17) is 35.3 Å². The molecule has 2 heterocycles. The van der Waals surface area contributed by atoms with Crippen LogP contribution in [-0.4, -0.2) is 93.4 Å². The van der Waals surface area contributed by atoms with Gasteiger partial charge in [0.1, 0.15) is 11.3 Å². The third-order valence-corrected chi connectivity index (χ3v) is 13.3. The number of pyridine rings is 1. The molecule has 4 atom stereocenters. The molecule has 0 bridgehead atoms. The van der Waals surface area contributed by atoms with Crippen LogP contribution in [0, 0.1) is 17.8 Å². The molecule has 1 fully saturated rings. The number of nitrogens with zero attached hydrogens (tertiary/aromatic N) is 2. The number of carboxylic acids is 1. The Morgan fingerprint density at radius 3 is 2.48 bits per heavy atom. The molecule has 0 saturated heterocycles. The number of hydrogen-bond acceptors (Lipinski definition) is 9. The second kappa shape index (κ2) is 17.9. The third kappa shape index (κ3) is 8.79. The minimum absolute atomic E-state index is 0.186. The average Bonchev–Trinajstić information content (AvgIpc) is 3.31. The van der Waals surface area contributed by atoms with Crippen LogP contribution in [0.4, 0.5) is 5.69 Å². The van der Waals surface area contributed by atoms with Gasteiger partial charge in [0.15, 0.2) is 11.5 Å². The Bertz CT molecular complexity index is 1810. The highest BCUT2D eigenvalue weighted by Crippen LogP contribution is 2.58. The number of aryl methyl sites for hydroxylation is 1. The van der Waals surface area contributed by atoms with Gasteiger partial charge in [-0.15, -0.1) is 0 Å². The van der Waals surface area contributed by atoms with Crippen molar-refractivity contribution in [2.24, 2.45) is 17.8 Å². The molecule has 56 heavy (non-hydrogen) atoms. The lowest BCUT2D eigenvalue weighted by Crippen LogP contribution is -2.53. The summed E-state index contributed by atoms with van der Waals surface area (Å²) in [4.78, 5) is 20.1. The summed E-state index contributed by atoms with van der Waals surface area (Å²) in [5.41, 5.74) is 4.47. The number of benzene rings is 2. The van der Waals surface area contributed by atoms with Gasteiger partial charge in [0, 0.05) is 67.9 Å². The maximum atomic E-state index is 13.1. The molecular formula is C45H60ClN3O7. The molecule has 4 aliphatic rings. The molecule has 3 aliphatic carbocycles. The Morgan fingerprint density at radius 2 is 1.79 bits per heavy atom. The van der Waals surface area contributed by atoms with E-state index in [-0.39, 0.29) is 17.3 Å². The second-order valence-electron chi connectivity index (χ2n) is 16.9. The maximum absolute atomic E-state index is 13.1. The number of aromatic nitrogens is 1. The first-order chi connectivity index (χ1) is 27.1. The predicted octanol–water partition coefficient (Wildman–Crippen LogP) is 8.18. The van der Waals surface area contributed by atoms with Crippen molar-refractivity contribution in [1.29, 1.82) is 0 Å². The lowest BCUT2D eigenvalue weighted by atomic mass is 9.59. The van der Waals surface area contributed by atoms with E-state index in [9.17, 15) is 9.90 Å². The molecule has 0 radical (unpaired) electrons. The molecular weight excluding hydrogens is 730 g/mol. The quantitative estimate of drug-likeness (QED) is 0.147. The van der Waals surface area contributed by atoms with E-state index in [1.165, 1.54) is 28.8 Å². The van der Waals surface area contributed by atoms with Gasteiger partial charge in [0.2, 0.25) is 0 Å². The normalized spacial score (nSPS) is 26.0. The summed E-state index contributed by atoms with van der Waals surface area (Å²) >= 11 is 6.32. The van der Waals surface area contributed by atoms with Gasteiger partial charge in [0.05, 0.1) is 33.0 Å². The molecule has 7 rings (SSSR count). The molecule has 1 aromatic heterocycles. The summed E-state index contributed by atoms with van der Waals surface area (Å²) in [6.07, 6.45) is 9.58. The third-order valence-electron chi connectivity index (χ3n) is 13.0. The largest absolute Gasteiger partial charge is 0.493 e. The number of fused-ring (bicyclic) bond motifs is 4. The first-order valence-corrected chi connectivity index (χ1v) is 21.0. The zero-order valence-electron chi connectivity index (χ0n) is 33.6. The van der Waals surface area contributed by atoms with Crippen molar-refractivity contribution in [2.45, 2.75) is 88.5 Å². The summed E-state index contributed by atoms with van der Waals surface area (Å²) in [5.74, 6) is 2.97. The number of aliphatic carboxylic acids is 1. The number of carbonyl (C=O) groups is 1. The van der Waals surface area contributed by atoms with Crippen LogP contribution in [0.25, 0.3) is 0 Å². The number of rotatable bonds is 16. The Kier molecular flexibility index (Phi) is 13.0. The van der Waals surface area contributed by atoms with Gasteiger partial charge in [0.25, 0.3) is 0 Å². The van der Waals surface area contributed by atoms with Crippen LogP contribution < -0.4 is 19.5 Å². The van der Waals surface area contributed by atoms with E-state index >= 15 is 0 Å². The molecule has 3 aromatic rings. The predicted molar refractivity (Wildman–Crippen MR) is 219 cm³/mol. The van der Waals surface area contributed by atoms with Crippen LogP contribution in [0.1, 0.15) is 87.1 Å². The van der Waals surface area contributed by atoms with Crippen LogP contribution in [0.3, 0.4) is 0 Å². The van der Waals surface area contributed by atoms with E-state index < -0.39 is 11.5 Å². The van der Waals surface area contributed by atoms with Crippen LogP contribution in [0.5, 0.6) is 17.2 Å². The lowest BCUT2D eigenvalue weighted by Gasteiger charge is -2.47. The van der Waals surface area contributed by atoms with E-state index in [1.807, 2.05) is 24.4 Å². The van der Waals surface area contributed by atoms with Gasteiger partial charge in [-0.25, -0.2) is 4.79 Å². The number of halogens is 1. The van der Waals surface area contributed by atoms with E-state index in [2.05, 4.69) is 41.2 Å². The second-order valence-corrected chi connectivity index (χ2v) is 17.4. The summed E-state index contributed by atoms with van der Waals surface area (Å²) in [6, 6.07) is 13.9. The molecule has 10 nitrogen and oxygen atoms in total. The number of methoxy groups -OCH3 is 2. The molecule has 304 valence electrons. The molecule has 2 unspecified atom stereocenters. The lowest BCUT2D eigenvalue weighted by molar-refractivity contribution is -0.144. The number of hydrogen-bond donors (Lipinski definition) is 2. The van der Waals surface area contributed by atoms with E-state index in [1.54, 1.807) is 26.4 Å². The minimum atomic E-state index is -1.09. The highest BCUT2D eigenvalue weighted by atomic mass is 35.5. The summed E-state index contributed by atoms with van der Waals surface area (Å²) < 4.78 is 30.5. The number of nitrogens with one attached hydrogen (secondary N) is 1. The maximum Gasteiger partial charge on any atom is 0.329 e. The van der Waals surface area contributed by atoms with Crippen molar-refractivity contribution >= 4 is 23.3 Å². The van der Waals surface area contributed by atoms with Gasteiger partial charge >= 0.3 is 5.97 Å². The SMILES string of the molecule is COCCN(CCOC)CC1COc2cc3c(cc2OC1)C1(CCC(Nc2cccc(Cl)c2)(C(=O)O)CC1)C(C[C@@H](C)COc1ccnc2c1[C@H](C)CCC2)C3. The fraction of sp³-hybridized carbons (Fsp3) is 0.600. The topological polar surface area (TPSA) is 112 Å². The Hall–Kier alpha value is -3.57. The molecule has 11 heteroatoms. The summed E-state index contributed by atoms with van der Waals surface area (Å²) in [7, 11) is 3.46. The fourth-order valence-electron chi connectivity index (χ4n) is 10.0. The zero-order chi connectivity index (χ0) is 39.3. The summed E-state index contributed by atoms with van der Waals surface area (Å²) in [6.45, 7) is 10.1. The molecule has 1 aliphatic heterocycles. The number of anilines is 1. The van der Waals surface area contributed by atoms with Gasteiger partial charge in [-0.05, 0) is 128 Å². The highest BCUT2D eigenvalue weighted by Gasteiger charge is 2.54. The first-order valence-electron chi connectivity index (χ1n) is 20.6. The van der Waals surface area contributed by atoms with Gasteiger partial charge in [-0.3, -0.25) is 9.88 Å². The van der Waals surface area contributed by atoms with Crippen molar-refractivity contribution in [3.05, 3.63) is 76.1 Å². The minimum Gasteiger partial charge on any atom is -0.493 e. The van der Waals surface area contributed by atoms with Crippen LogP contribution in [0.15, 0.2) is 48.7 Å². The Labute approximate surface area is 337 Å². The van der Waals surface area contributed by atoms with Crippen molar-refractivity contribution in [1.82, 2.24) is 9.88 Å². The van der Waals surface area contributed by atoms with Crippen molar-refractivity contribution in [3.8, 4) is 17.2 Å². The average molecular weight is 790 g/mol. The summed E-state index contributed by atoms with van der Waals surface area (Å²) in [5, 5.41) is 14.7. The fourth-order valence-corrected chi connectivity index (χ4v) is 10.2. The van der Waals surface area contributed by atoms with Crippen molar-refractivity contribution in [3.63, 3.8) is 0 Å². The van der Waals surface area contributed by atoms with Crippen LogP contribution in [0.2, 0.25) is 5.02 Å². The molecule has 0 amide bonds. The Balaban J connectivity index is 1.12. The Morgan fingerprint density at radius 1 is 1.05 bits per heavy atom. The molecule has 1 saturated carbocycles. The molecule has 2 aromatic carbocycles. The van der Waals surface area contributed by atoms with Gasteiger partial charge in [-0.2, -0.15) is 0 Å². The standard InChI is InChI=1S/C45H60ClN3O7/c1-30(27-54-39-11-16-47-38-10-5-7-31(2)42(38)39)21-34-22-33-23-40-41(56-29-32(28-55-40)26-49(17-19-52-3)18-20-53-4)25-37(33)44(34)12-14-45(15-13-44,43(50)51)48-36-9-6-8-35(46)24-36/h6,8-9,11,16,23-25,30-32,34,48H,5,7,10,12-15,17-22,26-29H2,1-4H3,(H,50,51)/t30-,31-,32?,34?,44?,45?/m1/s1. The molecule has 2 N–H and O–H groups in total. The smallest absolute Gasteiger partial charge is 0.329 e. The van der Waals surface area contributed by atoms with E-state index in [0.29, 0.717) is 62.7 Å². The first kappa shape index (κ1) is 40.6. The monoisotopic (exact) mass is 789 g/mol. The van der Waals surface area contributed by atoms with Crippen molar-refractivity contribution in [2.75, 3.05) is 72.2 Å². The molecule has 1 spiro atoms. The van der Waals surface area contributed by atoms with Crippen LogP contribution >= 0.6 is 11.6 Å². The van der Waals surface area contributed by atoms with E-state index in [0.717, 1.165) is 81.1 Å². The number of carboxylic acid groups (broad SMARTS) is 1. The number of ether oxygens (including phenoxy) is 5.